The molecule has 3 rings (SSSR count). The van der Waals surface area contributed by atoms with Gasteiger partial charge in [-0.3, -0.25) is 4.79 Å². The number of fused-ring (bicyclic) bond motifs is 1. The van der Waals surface area contributed by atoms with Crippen molar-refractivity contribution in [3.05, 3.63) is 46.5 Å². The van der Waals surface area contributed by atoms with Crippen LogP contribution in [0.15, 0.2) is 30.3 Å². The minimum Gasteiger partial charge on any atom is -0.316 e. The highest BCUT2D eigenvalue weighted by Crippen LogP contribution is 2.30. The highest BCUT2D eigenvalue weighted by Gasteiger charge is 2.20. The Labute approximate surface area is 115 Å². The molecule has 4 nitrogen and oxygen atoms in total. The molecule has 1 amide bonds. The van der Waals surface area contributed by atoms with Crippen LogP contribution >= 0.6 is 11.3 Å². The van der Waals surface area contributed by atoms with Gasteiger partial charge in [0, 0.05) is 4.88 Å². The summed E-state index contributed by atoms with van der Waals surface area (Å²) in [5, 5.41) is 3.48. The number of carbonyl (C=O) groups excluding carboxylic acids is 1. The molecule has 1 unspecified atom stereocenters. The number of carbonyl (C=O) groups is 1. The molecule has 0 saturated heterocycles. The second kappa shape index (κ2) is 5.11. The van der Waals surface area contributed by atoms with E-state index in [1.165, 1.54) is 11.3 Å². The molecular formula is C14H15N3OS. The van der Waals surface area contributed by atoms with Gasteiger partial charge in [0.15, 0.2) is 5.13 Å². The summed E-state index contributed by atoms with van der Waals surface area (Å²) in [4.78, 5) is 17.8. The number of benzene rings is 1. The fourth-order valence-corrected chi connectivity index (χ4v) is 3.29. The normalized spacial score (nSPS) is 15.0. The zero-order valence-electron chi connectivity index (χ0n) is 10.4. The molecule has 0 bridgehead atoms. The van der Waals surface area contributed by atoms with Crippen molar-refractivity contribution in [3.63, 3.8) is 0 Å². The number of nitrogens with zero attached hydrogens (tertiary/aromatic N) is 1. The first kappa shape index (κ1) is 12.3. The van der Waals surface area contributed by atoms with Crippen LogP contribution in [-0.4, -0.2) is 10.9 Å². The van der Waals surface area contributed by atoms with Crippen molar-refractivity contribution in [1.82, 2.24) is 4.98 Å². The van der Waals surface area contributed by atoms with Crippen molar-refractivity contribution < 1.29 is 4.79 Å². The van der Waals surface area contributed by atoms with Gasteiger partial charge in [-0.05, 0) is 24.8 Å². The van der Waals surface area contributed by atoms with Gasteiger partial charge in [0.25, 0.3) is 0 Å². The van der Waals surface area contributed by atoms with Gasteiger partial charge < -0.3 is 11.1 Å². The van der Waals surface area contributed by atoms with Gasteiger partial charge in [-0.2, -0.15) is 0 Å². The van der Waals surface area contributed by atoms with Gasteiger partial charge in [-0.1, -0.05) is 30.3 Å². The summed E-state index contributed by atoms with van der Waals surface area (Å²) in [5.74, 6) is -0.210. The van der Waals surface area contributed by atoms with Crippen LogP contribution in [0.3, 0.4) is 0 Å². The van der Waals surface area contributed by atoms with Crippen LogP contribution in [0, 0.1) is 0 Å². The predicted molar refractivity (Wildman–Crippen MR) is 76.1 cm³/mol. The Morgan fingerprint density at radius 2 is 2.11 bits per heavy atom. The highest BCUT2D eigenvalue weighted by molar-refractivity contribution is 7.15. The van der Waals surface area contributed by atoms with Crippen LogP contribution in [0.4, 0.5) is 5.13 Å². The third-order valence-corrected chi connectivity index (χ3v) is 4.34. The van der Waals surface area contributed by atoms with Crippen molar-refractivity contribution >= 4 is 22.4 Å². The van der Waals surface area contributed by atoms with Gasteiger partial charge in [0.2, 0.25) is 5.91 Å². The van der Waals surface area contributed by atoms with E-state index in [-0.39, 0.29) is 5.91 Å². The largest absolute Gasteiger partial charge is 0.316 e. The molecule has 0 saturated carbocycles. The average molecular weight is 273 g/mol. The van der Waals surface area contributed by atoms with E-state index in [1.54, 1.807) is 11.3 Å². The Hall–Kier alpha value is -1.72. The fraction of sp³-hybridized carbons (Fsp3) is 0.286. The smallest absolute Gasteiger partial charge is 0.247 e. The number of rotatable bonds is 3. The molecule has 2 aromatic rings. The quantitative estimate of drug-likeness (QED) is 0.901. The van der Waals surface area contributed by atoms with Crippen LogP contribution in [0.2, 0.25) is 0 Å². The Balaban J connectivity index is 1.70. The molecule has 98 valence electrons. The molecule has 1 heterocycles. The van der Waals surface area contributed by atoms with E-state index in [9.17, 15) is 4.79 Å². The number of hydrogen-bond acceptors (Lipinski definition) is 4. The maximum absolute atomic E-state index is 12.1. The number of nitrogens with one attached hydrogen (secondary N) is 1. The summed E-state index contributed by atoms with van der Waals surface area (Å²) in [6, 6.07) is 8.71. The Kier molecular flexibility index (Phi) is 3.31. The van der Waals surface area contributed by atoms with Crippen molar-refractivity contribution in [2.45, 2.75) is 25.3 Å². The SMILES string of the molecule is NC(C(=O)Nc1nc2c(s1)CCC2)c1ccccc1. The molecule has 1 atom stereocenters. The molecule has 1 aromatic carbocycles. The van der Waals surface area contributed by atoms with Crippen LogP contribution in [0.1, 0.15) is 28.6 Å². The van der Waals surface area contributed by atoms with E-state index in [2.05, 4.69) is 10.3 Å². The number of aromatic nitrogens is 1. The lowest BCUT2D eigenvalue weighted by atomic mass is 10.1. The Morgan fingerprint density at radius 3 is 2.84 bits per heavy atom. The van der Waals surface area contributed by atoms with Crippen LogP contribution < -0.4 is 11.1 Å². The molecule has 3 N–H and O–H groups in total. The summed E-state index contributed by atoms with van der Waals surface area (Å²) < 4.78 is 0. The lowest BCUT2D eigenvalue weighted by molar-refractivity contribution is -0.117. The molecule has 0 radical (unpaired) electrons. The van der Waals surface area contributed by atoms with Crippen molar-refractivity contribution in [2.24, 2.45) is 5.73 Å². The standard InChI is InChI=1S/C14H15N3OS/c15-12(9-5-2-1-3-6-9)13(18)17-14-16-10-7-4-8-11(10)19-14/h1-3,5-6,12H,4,7-8,15H2,(H,16,17,18). The highest BCUT2D eigenvalue weighted by atomic mass is 32.1. The van der Waals surface area contributed by atoms with Crippen molar-refractivity contribution in [1.29, 1.82) is 0 Å². The number of anilines is 1. The summed E-state index contributed by atoms with van der Waals surface area (Å²) in [6.45, 7) is 0. The van der Waals surface area contributed by atoms with Crippen LogP contribution in [0.5, 0.6) is 0 Å². The van der Waals surface area contributed by atoms with Gasteiger partial charge in [-0.15, -0.1) is 11.3 Å². The average Bonchev–Trinajstić information content (AvgIpc) is 2.99. The number of hydrogen-bond donors (Lipinski definition) is 2. The zero-order chi connectivity index (χ0) is 13.2. The summed E-state index contributed by atoms with van der Waals surface area (Å²) in [7, 11) is 0. The maximum atomic E-state index is 12.1. The van der Waals surface area contributed by atoms with Crippen molar-refractivity contribution in [2.75, 3.05) is 5.32 Å². The molecule has 0 fully saturated rings. The molecule has 1 aromatic heterocycles. The zero-order valence-corrected chi connectivity index (χ0v) is 11.2. The van der Waals surface area contributed by atoms with Crippen LogP contribution in [0.25, 0.3) is 0 Å². The molecule has 1 aliphatic rings. The Morgan fingerprint density at radius 1 is 1.32 bits per heavy atom. The first-order valence-electron chi connectivity index (χ1n) is 6.34. The third-order valence-electron chi connectivity index (χ3n) is 3.27. The third kappa shape index (κ3) is 2.52. The second-order valence-electron chi connectivity index (χ2n) is 4.62. The molecule has 0 aliphatic heterocycles. The van der Waals surface area contributed by atoms with Crippen LogP contribution in [-0.2, 0) is 17.6 Å². The second-order valence-corrected chi connectivity index (χ2v) is 5.70. The van der Waals surface area contributed by atoms with E-state index in [0.29, 0.717) is 5.13 Å². The fourth-order valence-electron chi connectivity index (χ4n) is 2.24. The summed E-state index contributed by atoms with van der Waals surface area (Å²) in [6.07, 6.45) is 3.27. The molecular weight excluding hydrogens is 258 g/mol. The van der Waals surface area contributed by atoms with Gasteiger partial charge >= 0.3 is 0 Å². The Bertz CT molecular complexity index is 572. The van der Waals surface area contributed by atoms with E-state index < -0.39 is 6.04 Å². The topological polar surface area (TPSA) is 68.0 Å². The molecule has 19 heavy (non-hydrogen) atoms. The van der Waals surface area contributed by atoms with Crippen molar-refractivity contribution in [3.8, 4) is 0 Å². The van der Waals surface area contributed by atoms with Gasteiger partial charge in [0.05, 0.1) is 5.69 Å². The summed E-state index contributed by atoms with van der Waals surface area (Å²) >= 11 is 1.56. The van der Waals surface area contributed by atoms with Gasteiger partial charge in [-0.25, -0.2) is 4.98 Å². The van der Waals surface area contributed by atoms with Gasteiger partial charge in [0.1, 0.15) is 6.04 Å². The minimum atomic E-state index is -0.653. The molecule has 0 spiro atoms. The van der Waals surface area contributed by atoms with E-state index >= 15 is 0 Å². The van der Waals surface area contributed by atoms with E-state index in [1.807, 2.05) is 30.3 Å². The summed E-state index contributed by atoms with van der Waals surface area (Å²) in [5.41, 5.74) is 7.88. The molecule has 1 aliphatic carbocycles. The minimum absolute atomic E-state index is 0.210. The number of nitrogens with two attached hydrogens (primary N) is 1. The number of amides is 1. The lowest BCUT2D eigenvalue weighted by Crippen LogP contribution is -2.27. The first-order valence-corrected chi connectivity index (χ1v) is 7.15. The number of aryl methyl sites for hydroxylation is 2. The van der Waals surface area contributed by atoms with E-state index in [0.717, 1.165) is 24.1 Å². The predicted octanol–water partition coefficient (Wildman–Crippen LogP) is 2.27. The molecule has 5 heteroatoms. The lowest BCUT2D eigenvalue weighted by Gasteiger charge is -2.10. The number of thiazole rings is 1. The maximum Gasteiger partial charge on any atom is 0.247 e. The van der Waals surface area contributed by atoms with E-state index in [4.69, 9.17) is 5.73 Å². The first-order chi connectivity index (χ1) is 9.24. The monoisotopic (exact) mass is 273 g/mol.